The average molecular weight is 256 g/mol. The van der Waals surface area contributed by atoms with Gasteiger partial charge >= 0.3 is 0 Å². The topological polar surface area (TPSA) is 120 Å². The van der Waals surface area contributed by atoms with E-state index in [4.69, 9.17) is 16.2 Å². The Kier molecular flexibility index (Phi) is 5.00. The molecule has 0 aliphatic carbocycles. The second kappa shape index (κ2) is 6.50. The summed E-state index contributed by atoms with van der Waals surface area (Å²) in [7, 11) is 0. The van der Waals surface area contributed by atoms with Crippen molar-refractivity contribution in [3.8, 4) is 0 Å². The number of nitrogens with zero attached hydrogens (tertiary/aromatic N) is 1. The lowest BCUT2D eigenvalue weighted by Crippen LogP contribution is -2.29. The van der Waals surface area contributed by atoms with Crippen molar-refractivity contribution in [1.82, 2.24) is 10.3 Å². The van der Waals surface area contributed by atoms with Crippen LogP contribution in [-0.4, -0.2) is 36.6 Å². The van der Waals surface area contributed by atoms with Crippen molar-refractivity contribution in [3.05, 3.63) is 23.6 Å². The van der Waals surface area contributed by atoms with E-state index < -0.39 is 17.6 Å². The van der Waals surface area contributed by atoms with Gasteiger partial charge in [-0.25, -0.2) is 9.37 Å². The number of halogens is 1. The molecule has 1 heterocycles. The van der Waals surface area contributed by atoms with Crippen LogP contribution in [0.5, 0.6) is 0 Å². The van der Waals surface area contributed by atoms with E-state index in [-0.39, 0.29) is 31.1 Å². The molecule has 0 aliphatic heterocycles. The summed E-state index contributed by atoms with van der Waals surface area (Å²) >= 11 is 0. The van der Waals surface area contributed by atoms with E-state index in [0.717, 1.165) is 0 Å². The number of anilines is 1. The Morgan fingerprint density at radius 2 is 2.22 bits per heavy atom. The molecule has 8 heteroatoms. The lowest BCUT2D eigenvalue weighted by molar-refractivity contribution is -0.122. The van der Waals surface area contributed by atoms with Crippen molar-refractivity contribution in [1.29, 1.82) is 0 Å². The number of nitrogens with one attached hydrogen (secondary N) is 1. The van der Waals surface area contributed by atoms with Gasteiger partial charge in [-0.1, -0.05) is 0 Å². The number of aromatic nitrogens is 1. The number of hydrogen-bond acceptors (Lipinski definition) is 5. The number of carbonyl (C=O) groups is 2. The molecular weight excluding hydrogens is 243 g/mol. The zero-order valence-electron chi connectivity index (χ0n) is 9.48. The fraction of sp³-hybridized carbons (Fsp3) is 0.300. The Morgan fingerprint density at radius 1 is 1.50 bits per heavy atom. The number of amides is 2. The van der Waals surface area contributed by atoms with Gasteiger partial charge in [0, 0.05) is 12.7 Å². The van der Waals surface area contributed by atoms with Crippen LogP contribution in [0.3, 0.4) is 0 Å². The molecule has 1 rings (SSSR count). The van der Waals surface area contributed by atoms with Crippen molar-refractivity contribution in [2.75, 3.05) is 25.5 Å². The van der Waals surface area contributed by atoms with Crippen LogP contribution in [0, 0.1) is 5.82 Å². The SMILES string of the molecule is NC(=O)COCCNC(=O)c1ccnc(N)c1F. The van der Waals surface area contributed by atoms with E-state index in [9.17, 15) is 14.0 Å². The fourth-order valence-electron chi connectivity index (χ4n) is 1.14. The van der Waals surface area contributed by atoms with Gasteiger partial charge in [-0.3, -0.25) is 9.59 Å². The van der Waals surface area contributed by atoms with Gasteiger partial charge in [0.05, 0.1) is 12.2 Å². The van der Waals surface area contributed by atoms with Gasteiger partial charge in [0.25, 0.3) is 5.91 Å². The monoisotopic (exact) mass is 256 g/mol. The summed E-state index contributed by atoms with van der Waals surface area (Å²) < 4.78 is 18.2. The molecule has 0 spiro atoms. The van der Waals surface area contributed by atoms with E-state index in [1.807, 2.05) is 0 Å². The number of pyridine rings is 1. The molecule has 0 aromatic carbocycles. The van der Waals surface area contributed by atoms with E-state index in [0.29, 0.717) is 0 Å². The van der Waals surface area contributed by atoms with Crippen LogP contribution in [0.25, 0.3) is 0 Å². The molecular formula is C10H13FN4O3. The summed E-state index contributed by atoms with van der Waals surface area (Å²) in [5, 5.41) is 2.40. The molecule has 0 atom stereocenters. The van der Waals surface area contributed by atoms with Crippen LogP contribution in [0.4, 0.5) is 10.2 Å². The standard InChI is InChI=1S/C10H13FN4O3/c11-8-6(1-2-14-9(8)13)10(17)15-3-4-18-5-7(12)16/h1-2H,3-5H2,(H2,12,16)(H2,13,14)(H,15,17). The van der Waals surface area contributed by atoms with Crippen LogP contribution in [0.15, 0.2) is 12.3 Å². The Bertz CT molecular complexity index is 453. The number of carbonyl (C=O) groups excluding carboxylic acids is 2. The number of primary amides is 1. The molecule has 0 unspecified atom stereocenters. The lowest BCUT2D eigenvalue weighted by Gasteiger charge is -2.06. The van der Waals surface area contributed by atoms with E-state index in [2.05, 4.69) is 10.3 Å². The predicted octanol–water partition coefficient (Wildman–Crippen LogP) is -0.965. The van der Waals surface area contributed by atoms with Gasteiger partial charge in [-0.15, -0.1) is 0 Å². The van der Waals surface area contributed by atoms with Crippen molar-refractivity contribution in [2.45, 2.75) is 0 Å². The van der Waals surface area contributed by atoms with Gasteiger partial charge in [0.1, 0.15) is 6.61 Å². The highest BCUT2D eigenvalue weighted by Gasteiger charge is 2.13. The molecule has 1 aromatic rings. The van der Waals surface area contributed by atoms with Crippen molar-refractivity contribution >= 4 is 17.6 Å². The molecule has 0 bridgehead atoms. The third-order valence-electron chi connectivity index (χ3n) is 1.94. The molecule has 0 fully saturated rings. The minimum absolute atomic E-state index is 0.0941. The largest absolute Gasteiger partial charge is 0.381 e. The minimum Gasteiger partial charge on any atom is -0.381 e. The number of ether oxygens (including phenoxy) is 1. The van der Waals surface area contributed by atoms with E-state index in [1.54, 1.807) is 0 Å². The molecule has 7 nitrogen and oxygen atoms in total. The van der Waals surface area contributed by atoms with Crippen molar-refractivity contribution in [2.24, 2.45) is 5.73 Å². The van der Waals surface area contributed by atoms with Crippen LogP contribution in [0.2, 0.25) is 0 Å². The quantitative estimate of drug-likeness (QED) is 0.566. The molecule has 0 saturated carbocycles. The van der Waals surface area contributed by atoms with Gasteiger partial charge in [0.15, 0.2) is 11.6 Å². The van der Waals surface area contributed by atoms with Crippen LogP contribution < -0.4 is 16.8 Å². The van der Waals surface area contributed by atoms with E-state index >= 15 is 0 Å². The first-order chi connectivity index (χ1) is 8.52. The number of hydrogen-bond donors (Lipinski definition) is 3. The second-order valence-electron chi connectivity index (χ2n) is 3.33. The zero-order chi connectivity index (χ0) is 13.5. The van der Waals surface area contributed by atoms with E-state index in [1.165, 1.54) is 12.3 Å². The van der Waals surface area contributed by atoms with Crippen molar-refractivity contribution in [3.63, 3.8) is 0 Å². The summed E-state index contributed by atoms with van der Waals surface area (Å²) in [6.45, 7) is -0.0168. The normalized spacial score (nSPS) is 10.1. The molecule has 98 valence electrons. The highest BCUT2D eigenvalue weighted by molar-refractivity contribution is 5.95. The van der Waals surface area contributed by atoms with Crippen LogP contribution >= 0.6 is 0 Å². The minimum atomic E-state index is -0.868. The maximum Gasteiger partial charge on any atom is 0.254 e. The number of nitrogen functional groups attached to an aromatic ring is 1. The molecule has 0 aliphatic rings. The summed E-state index contributed by atoms with van der Waals surface area (Å²) in [6.07, 6.45) is 1.23. The van der Waals surface area contributed by atoms with Gasteiger partial charge in [0.2, 0.25) is 5.91 Å². The van der Waals surface area contributed by atoms with Gasteiger partial charge < -0.3 is 21.5 Å². The first kappa shape index (κ1) is 13.8. The maximum absolute atomic E-state index is 13.4. The maximum atomic E-state index is 13.4. The second-order valence-corrected chi connectivity index (χ2v) is 3.33. The highest BCUT2D eigenvalue weighted by atomic mass is 19.1. The predicted molar refractivity (Wildman–Crippen MR) is 61.0 cm³/mol. The summed E-state index contributed by atoms with van der Waals surface area (Å²) in [6, 6.07) is 1.21. The van der Waals surface area contributed by atoms with Crippen LogP contribution in [0.1, 0.15) is 10.4 Å². The fourth-order valence-corrected chi connectivity index (χ4v) is 1.14. The number of rotatable bonds is 6. The lowest BCUT2D eigenvalue weighted by atomic mass is 10.2. The summed E-state index contributed by atoms with van der Waals surface area (Å²) in [5.74, 6) is -2.45. The summed E-state index contributed by atoms with van der Waals surface area (Å²) in [4.78, 5) is 25.4. The molecule has 0 radical (unpaired) electrons. The Morgan fingerprint density at radius 3 is 2.89 bits per heavy atom. The smallest absolute Gasteiger partial charge is 0.254 e. The Balaban J connectivity index is 2.41. The Labute approximate surface area is 102 Å². The average Bonchev–Trinajstić information content (AvgIpc) is 2.31. The van der Waals surface area contributed by atoms with Crippen LogP contribution in [-0.2, 0) is 9.53 Å². The van der Waals surface area contributed by atoms with Gasteiger partial charge in [-0.2, -0.15) is 0 Å². The molecule has 5 N–H and O–H groups in total. The summed E-state index contributed by atoms with van der Waals surface area (Å²) in [5.41, 5.74) is 9.87. The number of nitrogens with two attached hydrogens (primary N) is 2. The molecule has 0 saturated heterocycles. The molecule has 2 amide bonds. The zero-order valence-corrected chi connectivity index (χ0v) is 9.48. The molecule has 18 heavy (non-hydrogen) atoms. The Hall–Kier alpha value is -2.22. The first-order valence-electron chi connectivity index (χ1n) is 5.06. The highest BCUT2D eigenvalue weighted by Crippen LogP contribution is 2.11. The third kappa shape index (κ3) is 3.98. The van der Waals surface area contributed by atoms with Crippen molar-refractivity contribution < 1.29 is 18.7 Å². The molecule has 1 aromatic heterocycles. The third-order valence-corrected chi connectivity index (χ3v) is 1.94. The van der Waals surface area contributed by atoms with Gasteiger partial charge in [-0.05, 0) is 6.07 Å². The first-order valence-corrected chi connectivity index (χ1v) is 5.06.